The van der Waals surface area contributed by atoms with Crippen LogP contribution in [0.1, 0.15) is 13.3 Å². The molecule has 3 heteroatoms. The fraction of sp³-hybridized carbons (Fsp3) is 0.375. The molecule has 0 radical (unpaired) electrons. The first kappa shape index (κ1) is 8.15. The zero-order chi connectivity index (χ0) is 8.48. The molecule has 1 aliphatic rings. The Hall–Kier alpha value is -0.950. The largest absolute Gasteiger partial charge is 0.423 e. The molecule has 0 aromatic rings. The second-order valence-electron chi connectivity index (χ2n) is 2.42. The van der Waals surface area contributed by atoms with Gasteiger partial charge in [0, 0.05) is 0 Å². The van der Waals surface area contributed by atoms with Crippen molar-refractivity contribution in [1.82, 2.24) is 0 Å². The highest BCUT2D eigenvalue weighted by Gasteiger charge is 2.32. The molecule has 1 rings (SSSR count). The molecule has 0 unspecified atom stereocenters. The highest BCUT2D eigenvalue weighted by atomic mass is 19.4. The van der Waals surface area contributed by atoms with E-state index >= 15 is 0 Å². The van der Waals surface area contributed by atoms with Crippen molar-refractivity contribution < 1.29 is 13.2 Å². The second kappa shape index (κ2) is 2.59. The van der Waals surface area contributed by atoms with Crippen molar-refractivity contribution in [1.29, 1.82) is 0 Å². The zero-order valence-corrected chi connectivity index (χ0v) is 6.00. The van der Waals surface area contributed by atoms with Gasteiger partial charge in [-0.2, -0.15) is 13.2 Å². The minimum atomic E-state index is -4.25. The lowest BCUT2D eigenvalue weighted by atomic mass is 10.1. The van der Waals surface area contributed by atoms with Crippen LogP contribution in [0.5, 0.6) is 0 Å². The Morgan fingerprint density at radius 1 is 1.45 bits per heavy atom. The van der Waals surface area contributed by atoms with Gasteiger partial charge in [0.1, 0.15) is 0 Å². The average molecular weight is 160 g/mol. The van der Waals surface area contributed by atoms with Crippen molar-refractivity contribution in [3.05, 3.63) is 29.0 Å². The molecule has 0 aromatic heterocycles. The molecule has 0 N–H and O–H groups in total. The lowest BCUT2D eigenvalue weighted by Gasteiger charge is -2.07. The number of allylic oxidation sites excluding steroid dienone is 3. The minimum Gasteiger partial charge on any atom is -0.165 e. The predicted octanol–water partition coefficient (Wildman–Crippen LogP) is 2.98. The number of hydrogen-bond donors (Lipinski definition) is 0. The number of alkyl halides is 3. The molecular weight excluding hydrogens is 153 g/mol. The Bertz CT molecular complexity index is 249. The average Bonchev–Trinajstić information content (AvgIpc) is 1.86. The van der Waals surface area contributed by atoms with Crippen LogP contribution in [0.4, 0.5) is 13.2 Å². The van der Waals surface area contributed by atoms with E-state index in [4.69, 9.17) is 0 Å². The molecule has 1 aliphatic carbocycles. The van der Waals surface area contributed by atoms with Crippen LogP contribution in [0.2, 0.25) is 0 Å². The quantitative estimate of drug-likeness (QED) is 0.478. The molecule has 0 saturated heterocycles. The first-order chi connectivity index (χ1) is 5.00. The van der Waals surface area contributed by atoms with Crippen molar-refractivity contribution in [2.75, 3.05) is 0 Å². The third kappa shape index (κ3) is 1.99. The van der Waals surface area contributed by atoms with Crippen molar-refractivity contribution >= 4 is 0 Å². The molecule has 60 valence electrons. The molecule has 0 atom stereocenters. The monoisotopic (exact) mass is 160 g/mol. The number of hydrogen-bond acceptors (Lipinski definition) is 0. The summed E-state index contributed by atoms with van der Waals surface area (Å²) >= 11 is 0. The fourth-order valence-corrected chi connectivity index (χ4v) is 0.842. The van der Waals surface area contributed by atoms with E-state index in [1.165, 1.54) is 6.08 Å². The molecule has 0 aromatic carbocycles. The Balaban J connectivity index is 3.05. The van der Waals surface area contributed by atoms with Crippen LogP contribution < -0.4 is 0 Å². The molecule has 11 heavy (non-hydrogen) atoms. The SMILES string of the molecule is CC1=C=C(C(F)(F)F)C=CC1. The maximum absolute atomic E-state index is 12.0. The molecule has 0 nitrogen and oxygen atoms in total. The summed E-state index contributed by atoms with van der Waals surface area (Å²) in [6.45, 7) is 1.63. The van der Waals surface area contributed by atoms with Gasteiger partial charge in [-0.3, -0.25) is 0 Å². The van der Waals surface area contributed by atoms with Gasteiger partial charge >= 0.3 is 6.18 Å². The minimum absolute atomic E-state index is 0.569. The smallest absolute Gasteiger partial charge is 0.165 e. The Morgan fingerprint density at radius 2 is 2.09 bits per heavy atom. The standard InChI is InChI=1S/C8H7F3/c1-6-3-2-4-7(5-6)8(9,10)11/h2,4H,3H2,1H3. The molecule has 0 aliphatic heterocycles. The van der Waals surface area contributed by atoms with Crippen LogP contribution in [0.25, 0.3) is 0 Å². The van der Waals surface area contributed by atoms with Gasteiger partial charge in [-0.25, -0.2) is 0 Å². The summed E-state index contributed by atoms with van der Waals surface area (Å²) in [5, 5.41) is 0. The second-order valence-corrected chi connectivity index (χ2v) is 2.42. The van der Waals surface area contributed by atoms with E-state index in [1.807, 2.05) is 0 Å². The number of halogens is 3. The molecule has 0 fully saturated rings. The van der Waals surface area contributed by atoms with Crippen molar-refractivity contribution in [3.8, 4) is 0 Å². The highest BCUT2D eigenvalue weighted by Crippen LogP contribution is 2.28. The van der Waals surface area contributed by atoms with Crippen LogP contribution in [-0.2, 0) is 0 Å². The molecule has 0 saturated carbocycles. The maximum Gasteiger partial charge on any atom is 0.423 e. The predicted molar refractivity (Wildman–Crippen MR) is 36.0 cm³/mol. The number of rotatable bonds is 0. The van der Waals surface area contributed by atoms with Crippen LogP contribution >= 0.6 is 0 Å². The highest BCUT2D eigenvalue weighted by molar-refractivity contribution is 5.29. The molecule has 0 heterocycles. The van der Waals surface area contributed by atoms with Crippen molar-refractivity contribution in [2.24, 2.45) is 0 Å². The van der Waals surface area contributed by atoms with E-state index in [0.29, 0.717) is 12.0 Å². The van der Waals surface area contributed by atoms with Crippen LogP contribution in [-0.4, -0.2) is 6.18 Å². The van der Waals surface area contributed by atoms with Gasteiger partial charge in [0.15, 0.2) is 0 Å². The van der Waals surface area contributed by atoms with E-state index in [0.717, 1.165) is 6.08 Å². The van der Waals surface area contributed by atoms with E-state index in [2.05, 4.69) is 5.73 Å². The van der Waals surface area contributed by atoms with Crippen LogP contribution in [0, 0.1) is 0 Å². The summed E-state index contributed by atoms with van der Waals surface area (Å²) in [5.41, 5.74) is 2.22. The topological polar surface area (TPSA) is 0 Å². The molecule has 0 spiro atoms. The maximum atomic E-state index is 12.0. The van der Waals surface area contributed by atoms with Gasteiger partial charge in [0.05, 0.1) is 5.57 Å². The summed E-state index contributed by atoms with van der Waals surface area (Å²) in [5.74, 6) is 0. The van der Waals surface area contributed by atoms with Crippen LogP contribution in [0.15, 0.2) is 29.0 Å². The normalized spacial score (nSPS) is 17.8. The summed E-state index contributed by atoms with van der Waals surface area (Å²) in [6.07, 6.45) is -1.13. The Labute approximate surface area is 62.7 Å². The van der Waals surface area contributed by atoms with E-state index in [9.17, 15) is 13.2 Å². The summed E-state index contributed by atoms with van der Waals surface area (Å²) in [4.78, 5) is 0. The van der Waals surface area contributed by atoms with Crippen LogP contribution in [0.3, 0.4) is 0 Å². The summed E-state index contributed by atoms with van der Waals surface area (Å²) in [7, 11) is 0. The zero-order valence-electron chi connectivity index (χ0n) is 6.00. The summed E-state index contributed by atoms with van der Waals surface area (Å²) in [6, 6.07) is 0. The first-order valence-corrected chi connectivity index (χ1v) is 3.20. The van der Waals surface area contributed by atoms with Gasteiger partial charge in [-0.05, 0) is 25.0 Å². The van der Waals surface area contributed by atoms with Crippen molar-refractivity contribution in [2.45, 2.75) is 19.5 Å². The van der Waals surface area contributed by atoms with Gasteiger partial charge in [0.25, 0.3) is 0 Å². The van der Waals surface area contributed by atoms with Gasteiger partial charge in [-0.1, -0.05) is 6.08 Å². The molecule has 0 bridgehead atoms. The lowest BCUT2D eigenvalue weighted by molar-refractivity contribution is -0.0881. The first-order valence-electron chi connectivity index (χ1n) is 3.20. The Morgan fingerprint density at radius 3 is 2.45 bits per heavy atom. The van der Waals surface area contributed by atoms with Gasteiger partial charge in [0.2, 0.25) is 0 Å². The van der Waals surface area contributed by atoms with E-state index < -0.39 is 11.7 Å². The van der Waals surface area contributed by atoms with Crippen molar-refractivity contribution in [3.63, 3.8) is 0 Å². The van der Waals surface area contributed by atoms with Gasteiger partial charge in [-0.15, -0.1) is 5.73 Å². The molecule has 0 amide bonds. The summed E-state index contributed by atoms with van der Waals surface area (Å²) < 4.78 is 35.9. The van der Waals surface area contributed by atoms with E-state index in [-0.39, 0.29) is 0 Å². The third-order valence-electron chi connectivity index (χ3n) is 1.36. The molecular formula is C8H7F3. The van der Waals surface area contributed by atoms with Gasteiger partial charge < -0.3 is 0 Å². The lowest BCUT2D eigenvalue weighted by Crippen LogP contribution is -2.10. The fourth-order valence-electron chi connectivity index (χ4n) is 0.842. The van der Waals surface area contributed by atoms with E-state index in [1.54, 1.807) is 6.92 Å². The third-order valence-corrected chi connectivity index (χ3v) is 1.36. The Kier molecular flexibility index (Phi) is 1.92.